The molecule has 31 heavy (non-hydrogen) atoms. The minimum atomic E-state index is -0.507. The van der Waals surface area contributed by atoms with Crippen molar-refractivity contribution in [2.24, 2.45) is 0 Å². The molecule has 8 heteroatoms. The van der Waals surface area contributed by atoms with Crippen LogP contribution in [0.2, 0.25) is 0 Å². The minimum Gasteiger partial charge on any atom is -0.431 e. The number of nitro groups is 1. The van der Waals surface area contributed by atoms with Crippen molar-refractivity contribution in [1.82, 2.24) is 15.0 Å². The first-order valence-electron chi connectivity index (χ1n) is 9.85. The Labute approximate surface area is 179 Å². The van der Waals surface area contributed by atoms with Crippen LogP contribution in [0.1, 0.15) is 18.2 Å². The van der Waals surface area contributed by atoms with Gasteiger partial charge >= 0.3 is 11.6 Å². The van der Waals surface area contributed by atoms with Crippen molar-refractivity contribution in [2.45, 2.75) is 20.8 Å². The molecular weight excluding hydrogens is 394 g/mol. The third-order valence-electron chi connectivity index (χ3n) is 4.87. The number of para-hydroxylation sites is 1. The summed E-state index contributed by atoms with van der Waals surface area (Å²) in [6.45, 7) is 6.24. The zero-order chi connectivity index (χ0) is 22.0. The molecule has 8 nitrogen and oxygen atoms in total. The molecule has 0 bridgehead atoms. The highest BCUT2D eigenvalue weighted by Gasteiger charge is 2.29. The molecule has 2 heterocycles. The van der Waals surface area contributed by atoms with Crippen LogP contribution in [-0.4, -0.2) is 26.4 Å². The normalized spacial score (nSPS) is 10.8. The summed E-state index contributed by atoms with van der Waals surface area (Å²) in [7, 11) is 0. The van der Waals surface area contributed by atoms with Gasteiger partial charge in [0.2, 0.25) is 5.82 Å². The maximum atomic E-state index is 12.1. The van der Waals surface area contributed by atoms with Crippen LogP contribution in [0, 0.1) is 24.0 Å². The van der Waals surface area contributed by atoms with Gasteiger partial charge in [-0.3, -0.25) is 10.1 Å². The zero-order valence-corrected chi connectivity index (χ0v) is 17.4. The van der Waals surface area contributed by atoms with Crippen molar-refractivity contribution in [2.75, 3.05) is 11.4 Å². The largest absolute Gasteiger partial charge is 0.431 e. The van der Waals surface area contributed by atoms with Crippen molar-refractivity contribution in [3.05, 3.63) is 82.3 Å². The van der Waals surface area contributed by atoms with Crippen LogP contribution in [-0.2, 0) is 0 Å². The summed E-state index contributed by atoms with van der Waals surface area (Å²) in [6, 6.07) is 17.0. The Hall–Kier alpha value is -4.07. The Bertz CT molecular complexity index is 1280. The molecule has 0 fully saturated rings. The number of nitrogens with zero attached hydrogens (tertiary/aromatic N) is 5. The molecule has 0 radical (unpaired) electrons. The molecule has 0 amide bonds. The Morgan fingerprint density at radius 1 is 1.06 bits per heavy atom. The number of aryl methyl sites for hydroxylation is 2. The summed E-state index contributed by atoms with van der Waals surface area (Å²) in [6.07, 6.45) is 1.28. The number of anilines is 2. The molecule has 4 aromatic rings. The molecule has 2 aromatic carbocycles. The number of rotatable bonds is 6. The van der Waals surface area contributed by atoms with Gasteiger partial charge in [0.1, 0.15) is 11.8 Å². The van der Waals surface area contributed by atoms with E-state index in [1.54, 1.807) is 11.0 Å². The Balaban J connectivity index is 1.84. The second kappa shape index (κ2) is 8.35. The highest BCUT2D eigenvalue weighted by atomic mass is 16.6. The maximum absolute atomic E-state index is 12.1. The number of hydrogen-bond acceptors (Lipinski definition) is 7. The van der Waals surface area contributed by atoms with E-state index in [9.17, 15) is 10.1 Å². The molecule has 0 unspecified atom stereocenters. The van der Waals surface area contributed by atoms with Crippen LogP contribution < -0.4 is 9.64 Å². The standard InChI is InChI=1S/C23H21N5O3/c1-4-27(18-9-5-7-15(2)13-18)22-21(28(29)30)23(25-14-24-22)31-19-10-6-8-17-12-11-16(3)26-20(17)19/h5-14H,4H2,1-3H3. The van der Waals surface area contributed by atoms with Crippen LogP contribution in [0.4, 0.5) is 17.2 Å². The SMILES string of the molecule is CCN(c1cccc(C)c1)c1ncnc(Oc2cccc3ccc(C)nc23)c1[N+](=O)[O-]. The van der Waals surface area contributed by atoms with Gasteiger partial charge in [-0.25, -0.2) is 9.97 Å². The molecule has 0 saturated heterocycles. The molecule has 0 saturated carbocycles. The molecular formula is C23H21N5O3. The fourth-order valence-electron chi connectivity index (χ4n) is 3.44. The first-order valence-corrected chi connectivity index (χ1v) is 9.85. The van der Waals surface area contributed by atoms with Crippen molar-refractivity contribution in [1.29, 1.82) is 0 Å². The van der Waals surface area contributed by atoms with Crippen molar-refractivity contribution in [3.8, 4) is 11.6 Å². The van der Waals surface area contributed by atoms with Gasteiger partial charge in [0.05, 0.1) is 4.92 Å². The lowest BCUT2D eigenvalue weighted by Crippen LogP contribution is -2.19. The lowest BCUT2D eigenvalue weighted by atomic mass is 10.2. The van der Waals surface area contributed by atoms with E-state index in [4.69, 9.17) is 4.74 Å². The van der Waals surface area contributed by atoms with Gasteiger partial charge in [0, 0.05) is 23.3 Å². The number of aromatic nitrogens is 3. The molecule has 2 aromatic heterocycles. The van der Waals surface area contributed by atoms with E-state index in [1.807, 2.05) is 69.3 Å². The molecule has 0 aliphatic rings. The van der Waals surface area contributed by atoms with E-state index in [-0.39, 0.29) is 17.4 Å². The summed E-state index contributed by atoms with van der Waals surface area (Å²) in [5.41, 5.74) is 2.98. The van der Waals surface area contributed by atoms with E-state index >= 15 is 0 Å². The predicted octanol–water partition coefficient (Wildman–Crippen LogP) is 5.50. The van der Waals surface area contributed by atoms with Gasteiger partial charge in [0.25, 0.3) is 0 Å². The number of hydrogen-bond donors (Lipinski definition) is 0. The summed E-state index contributed by atoms with van der Waals surface area (Å²) in [4.78, 5) is 26.2. The van der Waals surface area contributed by atoms with Gasteiger partial charge in [-0.1, -0.05) is 30.3 Å². The van der Waals surface area contributed by atoms with Crippen LogP contribution >= 0.6 is 0 Å². The molecule has 0 N–H and O–H groups in total. The second-order valence-corrected chi connectivity index (χ2v) is 7.07. The van der Waals surface area contributed by atoms with E-state index in [0.29, 0.717) is 17.8 Å². The number of pyridine rings is 1. The molecule has 0 aliphatic heterocycles. The van der Waals surface area contributed by atoms with Crippen LogP contribution in [0.5, 0.6) is 11.6 Å². The number of benzene rings is 2. The minimum absolute atomic E-state index is 0.128. The number of fused-ring (bicyclic) bond motifs is 1. The summed E-state index contributed by atoms with van der Waals surface area (Å²) in [5, 5.41) is 12.9. The average Bonchev–Trinajstić information content (AvgIpc) is 2.75. The monoisotopic (exact) mass is 415 g/mol. The molecule has 0 spiro atoms. The Kier molecular flexibility index (Phi) is 5.44. The first-order chi connectivity index (χ1) is 15.0. The van der Waals surface area contributed by atoms with E-state index in [1.165, 1.54) is 6.33 Å². The Morgan fingerprint density at radius 3 is 2.61 bits per heavy atom. The van der Waals surface area contributed by atoms with Gasteiger partial charge in [-0.15, -0.1) is 0 Å². The summed E-state index contributed by atoms with van der Waals surface area (Å²) >= 11 is 0. The molecule has 4 rings (SSSR count). The lowest BCUT2D eigenvalue weighted by Gasteiger charge is -2.22. The molecule has 0 atom stereocenters. The van der Waals surface area contributed by atoms with Crippen molar-refractivity contribution < 1.29 is 9.66 Å². The van der Waals surface area contributed by atoms with Crippen molar-refractivity contribution in [3.63, 3.8) is 0 Å². The predicted molar refractivity (Wildman–Crippen MR) is 119 cm³/mol. The third kappa shape index (κ3) is 4.00. The highest BCUT2D eigenvalue weighted by Crippen LogP contribution is 2.40. The quantitative estimate of drug-likeness (QED) is 0.303. The third-order valence-corrected chi connectivity index (χ3v) is 4.87. The smallest absolute Gasteiger partial charge is 0.373 e. The van der Waals surface area contributed by atoms with Crippen LogP contribution in [0.3, 0.4) is 0 Å². The van der Waals surface area contributed by atoms with E-state index in [0.717, 1.165) is 22.3 Å². The van der Waals surface area contributed by atoms with Crippen LogP contribution in [0.25, 0.3) is 10.9 Å². The highest BCUT2D eigenvalue weighted by molar-refractivity contribution is 5.85. The fraction of sp³-hybridized carbons (Fsp3) is 0.174. The second-order valence-electron chi connectivity index (χ2n) is 7.07. The maximum Gasteiger partial charge on any atom is 0.373 e. The topological polar surface area (TPSA) is 94.3 Å². The zero-order valence-electron chi connectivity index (χ0n) is 17.4. The first kappa shape index (κ1) is 20.2. The average molecular weight is 415 g/mol. The van der Waals surface area contributed by atoms with Gasteiger partial charge in [-0.2, -0.15) is 4.98 Å². The fourth-order valence-corrected chi connectivity index (χ4v) is 3.44. The van der Waals surface area contributed by atoms with E-state index in [2.05, 4.69) is 15.0 Å². The van der Waals surface area contributed by atoms with Crippen LogP contribution in [0.15, 0.2) is 60.9 Å². The lowest BCUT2D eigenvalue weighted by molar-refractivity contribution is -0.385. The molecule has 156 valence electrons. The van der Waals surface area contributed by atoms with Gasteiger partial charge in [-0.05, 0) is 50.6 Å². The summed E-state index contributed by atoms with van der Waals surface area (Å²) < 4.78 is 5.95. The van der Waals surface area contributed by atoms with Crippen molar-refractivity contribution >= 4 is 28.1 Å². The Morgan fingerprint density at radius 2 is 1.87 bits per heavy atom. The van der Waals surface area contributed by atoms with Gasteiger partial charge < -0.3 is 9.64 Å². The number of ether oxygens (including phenoxy) is 1. The summed E-state index contributed by atoms with van der Waals surface area (Å²) in [5.74, 6) is 0.442. The van der Waals surface area contributed by atoms with E-state index < -0.39 is 4.92 Å². The molecule has 0 aliphatic carbocycles. The van der Waals surface area contributed by atoms with Gasteiger partial charge in [0.15, 0.2) is 5.75 Å².